The quantitative estimate of drug-likeness (QED) is 0.832. The Morgan fingerprint density at radius 2 is 1.89 bits per heavy atom. The van der Waals surface area contributed by atoms with E-state index < -0.39 is 10.2 Å². The lowest BCUT2D eigenvalue weighted by Crippen LogP contribution is -2.43. The van der Waals surface area contributed by atoms with Gasteiger partial charge in [-0.25, -0.2) is 0 Å². The van der Waals surface area contributed by atoms with Crippen molar-refractivity contribution in [2.75, 3.05) is 18.4 Å². The molecule has 0 atom stereocenters. The van der Waals surface area contributed by atoms with Gasteiger partial charge in [0.25, 0.3) is 0 Å². The van der Waals surface area contributed by atoms with Gasteiger partial charge in [0, 0.05) is 20.1 Å². The van der Waals surface area contributed by atoms with E-state index in [0.29, 0.717) is 11.3 Å². The number of rotatable bonds is 4. The molecule has 1 aromatic carbocycles. The zero-order valence-corrected chi connectivity index (χ0v) is 11.8. The smallest absolute Gasteiger partial charge is 0.261 e. The van der Waals surface area contributed by atoms with Gasteiger partial charge in [-0.2, -0.15) is 18.0 Å². The minimum absolute atomic E-state index is 0.128. The summed E-state index contributed by atoms with van der Waals surface area (Å²) in [5, 5.41) is 8.82. The first-order valence-electron chi connectivity index (χ1n) is 5.52. The van der Waals surface area contributed by atoms with E-state index in [1.54, 1.807) is 38.1 Å². The van der Waals surface area contributed by atoms with Crippen molar-refractivity contribution in [1.82, 2.24) is 4.31 Å². The Hall–Kier alpha value is -1.58. The van der Waals surface area contributed by atoms with Gasteiger partial charge in [0.05, 0.1) is 17.3 Å². The van der Waals surface area contributed by atoms with Crippen molar-refractivity contribution in [3.05, 3.63) is 29.8 Å². The molecule has 5 nitrogen and oxygen atoms in total. The molecule has 0 spiro atoms. The molecule has 0 N–H and O–H groups in total. The Morgan fingerprint density at radius 3 is 2.39 bits per heavy atom. The topological polar surface area (TPSA) is 64.4 Å². The summed E-state index contributed by atoms with van der Waals surface area (Å²) in [5.74, 6) is 0. The molecule has 0 heterocycles. The van der Waals surface area contributed by atoms with Gasteiger partial charge >= 0.3 is 10.2 Å². The van der Waals surface area contributed by atoms with Gasteiger partial charge < -0.3 is 0 Å². The van der Waals surface area contributed by atoms with E-state index in [4.69, 9.17) is 5.26 Å². The summed E-state index contributed by atoms with van der Waals surface area (Å²) in [5.41, 5.74) is 0.906. The monoisotopic (exact) mass is 267 g/mol. The standard InChI is InChI=1S/C12H17N3O2S/c1-10(2)14(3)18(16,17)15(4)12-7-5-6-11(8-12)9-13/h5-8,10H,1-4H3. The molecular weight excluding hydrogens is 250 g/mol. The molecule has 0 fully saturated rings. The highest BCUT2D eigenvalue weighted by atomic mass is 32.2. The molecule has 0 aromatic heterocycles. The zero-order chi connectivity index (χ0) is 13.9. The molecule has 18 heavy (non-hydrogen) atoms. The Bertz CT molecular complexity index is 561. The fourth-order valence-corrected chi connectivity index (χ4v) is 2.66. The third-order valence-corrected chi connectivity index (χ3v) is 4.83. The molecule has 0 saturated carbocycles. The Morgan fingerprint density at radius 1 is 1.28 bits per heavy atom. The summed E-state index contributed by atoms with van der Waals surface area (Å²) in [6.45, 7) is 3.61. The maximum atomic E-state index is 12.2. The third-order valence-electron chi connectivity index (χ3n) is 2.78. The van der Waals surface area contributed by atoms with Crippen LogP contribution in [0.5, 0.6) is 0 Å². The Balaban J connectivity index is 3.14. The summed E-state index contributed by atoms with van der Waals surface area (Å²) in [7, 11) is -0.550. The predicted molar refractivity (Wildman–Crippen MR) is 71.4 cm³/mol. The number of benzene rings is 1. The molecule has 0 unspecified atom stereocenters. The Kier molecular flexibility index (Phi) is 4.33. The van der Waals surface area contributed by atoms with Crippen molar-refractivity contribution in [3.8, 4) is 6.07 Å². The van der Waals surface area contributed by atoms with E-state index in [9.17, 15) is 8.42 Å². The minimum Gasteiger partial charge on any atom is -0.261 e. The molecule has 0 bridgehead atoms. The summed E-state index contributed by atoms with van der Waals surface area (Å²) < 4.78 is 26.9. The number of nitrogens with zero attached hydrogens (tertiary/aromatic N) is 3. The van der Waals surface area contributed by atoms with Crippen LogP contribution in [-0.4, -0.2) is 32.9 Å². The van der Waals surface area contributed by atoms with Crippen molar-refractivity contribution in [3.63, 3.8) is 0 Å². The zero-order valence-electron chi connectivity index (χ0n) is 11.0. The van der Waals surface area contributed by atoms with E-state index in [-0.39, 0.29) is 6.04 Å². The molecule has 0 radical (unpaired) electrons. The van der Waals surface area contributed by atoms with Crippen LogP contribution in [0.4, 0.5) is 5.69 Å². The van der Waals surface area contributed by atoms with Crippen LogP contribution in [0, 0.1) is 11.3 Å². The average Bonchev–Trinajstić information content (AvgIpc) is 2.36. The first kappa shape index (κ1) is 14.5. The highest BCUT2D eigenvalue weighted by molar-refractivity contribution is 7.90. The van der Waals surface area contributed by atoms with E-state index >= 15 is 0 Å². The van der Waals surface area contributed by atoms with Crippen LogP contribution < -0.4 is 4.31 Å². The highest BCUT2D eigenvalue weighted by Gasteiger charge is 2.26. The second kappa shape index (κ2) is 5.38. The SMILES string of the molecule is CC(C)N(C)S(=O)(=O)N(C)c1cccc(C#N)c1. The predicted octanol–water partition coefficient (Wildman–Crippen LogP) is 1.58. The molecule has 1 rings (SSSR count). The van der Waals surface area contributed by atoms with Crippen LogP contribution in [0.3, 0.4) is 0 Å². The summed E-state index contributed by atoms with van der Waals surface area (Å²) in [4.78, 5) is 0. The molecule has 0 aliphatic rings. The van der Waals surface area contributed by atoms with Crippen LogP contribution in [0.25, 0.3) is 0 Å². The second-order valence-corrected chi connectivity index (χ2v) is 6.27. The molecule has 0 amide bonds. The van der Waals surface area contributed by atoms with Crippen molar-refractivity contribution in [2.24, 2.45) is 0 Å². The average molecular weight is 267 g/mol. The Labute approximate surface area is 108 Å². The van der Waals surface area contributed by atoms with Crippen LogP contribution in [0.1, 0.15) is 19.4 Å². The van der Waals surface area contributed by atoms with Gasteiger partial charge in [-0.3, -0.25) is 4.31 Å². The summed E-state index contributed by atoms with van der Waals surface area (Å²) in [6.07, 6.45) is 0. The van der Waals surface area contributed by atoms with Gasteiger partial charge in [-0.05, 0) is 32.0 Å². The lowest BCUT2D eigenvalue weighted by atomic mass is 10.2. The number of hydrogen-bond acceptors (Lipinski definition) is 3. The molecular formula is C12H17N3O2S. The molecule has 0 aliphatic carbocycles. The van der Waals surface area contributed by atoms with Crippen LogP contribution >= 0.6 is 0 Å². The third kappa shape index (κ3) is 2.81. The maximum Gasteiger partial charge on any atom is 0.303 e. The fourth-order valence-electron chi connectivity index (χ4n) is 1.36. The first-order chi connectivity index (χ1) is 8.30. The van der Waals surface area contributed by atoms with E-state index in [2.05, 4.69) is 0 Å². The van der Waals surface area contributed by atoms with Gasteiger partial charge in [0.2, 0.25) is 0 Å². The van der Waals surface area contributed by atoms with Crippen molar-refractivity contribution >= 4 is 15.9 Å². The molecule has 0 aliphatic heterocycles. The molecule has 98 valence electrons. The van der Waals surface area contributed by atoms with E-state index in [1.807, 2.05) is 6.07 Å². The fraction of sp³-hybridized carbons (Fsp3) is 0.417. The summed E-state index contributed by atoms with van der Waals surface area (Å²) >= 11 is 0. The van der Waals surface area contributed by atoms with Crippen molar-refractivity contribution < 1.29 is 8.42 Å². The first-order valence-corrected chi connectivity index (χ1v) is 6.92. The summed E-state index contributed by atoms with van der Waals surface area (Å²) in [6, 6.07) is 8.37. The second-order valence-electron chi connectivity index (χ2n) is 4.25. The van der Waals surface area contributed by atoms with Crippen LogP contribution in [-0.2, 0) is 10.2 Å². The van der Waals surface area contributed by atoms with Gasteiger partial charge in [0.1, 0.15) is 0 Å². The minimum atomic E-state index is -3.56. The van der Waals surface area contributed by atoms with E-state index in [0.717, 1.165) is 0 Å². The normalized spacial score (nSPS) is 11.6. The number of nitriles is 1. The van der Waals surface area contributed by atoms with Gasteiger partial charge in [-0.15, -0.1) is 0 Å². The lowest BCUT2D eigenvalue weighted by Gasteiger charge is -2.28. The molecule has 6 heteroatoms. The highest BCUT2D eigenvalue weighted by Crippen LogP contribution is 2.20. The largest absolute Gasteiger partial charge is 0.303 e. The van der Waals surface area contributed by atoms with Crippen LogP contribution in [0.2, 0.25) is 0 Å². The molecule has 1 aromatic rings. The molecule has 0 saturated heterocycles. The van der Waals surface area contributed by atoms with Crippen molar-refractivity contribution in [1.29, 1.82) is 5.26 Å². The number of anilines is 1. The van der Waals surface area contributed by atoms with E-state index in [1.165, 1.54) is 22.7 Å². The van der Waals surface area contributed by atoms with Crippen LogP contribution in [0.15, 0.2) is 24.3 Å². The number of hydrogen-bond donors (Lipinski definition) is 0. The maximum absolute atomic E-state index is 12.2. The lowest BCUT2D eigenvalue weighted by molar-refractivity contribution is 0.409. The van der Waals surface area contributed by atoms with Gasteiger partial charge in [0.15, 0.2) is 0 Å². The van der Waals surface area contributed by atoms with Gasteiger partial charge in [-0.1, -0.05) is 6.07 Å². The van der Waals surface area contributed by atoms with Crippen molar-refractivity contribution in [2.45, 2.75) is 19.9 Å².